The molecule has 0 atom stereocenters. The second-order valence-electron chi connectivity index (χ2n) is 8.35. The van der Waals surface area contributed by atoms with Gasteiger partial charge in [-0.3, -0.25) is 19.5 Å². The highest BCUT2D eigenvalue weighted by atomic mass is 16.3. The molecule has 0 radical (unpaired) electrons. The number of aromatic nitrogens is 2. The van der Waals surface area contributed by atoms with Crippen LogP contribution >= 0.6 is 0 Å². The zero-order chi connectivity index (χ0) is 21.8. The number of nitrogens with zero attached hydrogens (tertiary/aromatic N) is 3. The largest absolute Gasteiger partial charge is 0.467 e. The van der Waals surface area contributed by atoms with Crippen LogP contribution < -0.4 is 5.32 Å². The van der Waals surface area contributed by atoms with Gasteiger partial charge in [-0.1, -0.05) is 0 Å². The van der Waals surface area contributed by atoms with E-state index in [0.29, 0.717) is 44.2 Å². The average Bonchev–Trinajstić information content (AvgIpc) is 3.49. The first-order chi connectivity index (χ1) is 15.0. The van der Waals surface area contributed by atoms with Crippen molar-refractivity contribution in [2.24, 2.45) is 5.92 Å². The maximum atomic E-state index is 12.9. The molecule has 9 nitrogen and oxygen atoms in total. The van der Waals surface area contributed by atoms with Gasteiger partial charge in [0, 0.05) is 50.6 Å². The van der Waals surface area contributed by atoms with Gasteiger partial charge in [0.25, 0.3) is 5.91 Å². The van der Waals surface area contributed by atoms with E-state index >= 15 is 0 Å². The molecule has 4 heterocycles. The third-order valence-corrected chi connectivity index (χ3v) is 6.37. The molecule has 0 aliphatic carbocycles. The zero-order valence-electron chi connectivity index (χ0n) is 17.8. The highest BCUT2D eigenvalue weighted by Crippen LogP contribution is 2.29. The minimum absolute atomic E-state index is 0.0174. The van der Waals surface area contributed by atoms with E-state index in [2.05, 4.69) is 15.5 Å². The Morgan fingerprint density at radius 1 is 1.13 bits per heavy atom. The van der Waals surface area contributed by atoms with Crippen molar-refractivity contribution < 1.29 is 18.8 Å². The number of furan rings is 1. The van der Waals surface area contributed by atoms with Gasteiger partial charge >= 0.3 is 0 Å². The number of amides is 3. The predicted molar refractivity (Wildman–Crippen MR) is 112 cm³/mol. The van der Waals surface area contributed by atoms with Crippen LogP contribution in [0.2, 0.25) is 0 Å². The number of aromatic amines is 1. The van der Waals surface area contributed by atoms with Crippen molar-refractivity contribution in [2.75, 3.05) is 26.2 Å². The molecule has 9 heteroatoms. The Morgan fingerprint density at radius 3 is 2.48 bits per heavy atom. The standard InChI is InChI=1S/C22H29N5O4/c1-15(28)26-8-6-17(7-9-26)22(30)27-10-4-16(5-11-27)19-13-20(25-24-19)21(29)23-14-18-3-2-12-31-18/h2-3,12-13,16-17H,4-11,14H2,1H3,(H,23,29)(H,24,25). The minimum Gasteiger partial charge on any atom is -0.467 e. The third kappa shape index (κ3) is 4.98. The quantitative estimate of drug-likeness (QED) is 0.757. The molecule has 0 spiro atoms. The molecule has 166 valence electrons. The van der Waals surface area contributed by atoms with Crippen molar-refractivity contribution in [1.82, 2.24) is 25.3 Å². The van der Waals surface area contributed by atoms with Crippen LogP contribution in [0.1, 0.15) is 60.5 Å². The van der Waals surface area contributed by atoms with Crippen molar-refractivity contribution in [2.45, 2.75) is 45.1 Å². The first-order valence-electron chi connectivity index (χ1n) is 10.9. The highest BCUT2D eigenvalue weighted by Gasteiger charge is 2.32. The van der Waals surface area contributed by atoms with Crippen molar-refractivity contribution in [3.63, 3.8) is 0 Å². The summed E-state index contributed by atoms with van der Waals surface area (Å²) in [6, 6.07) is 5.38. The Labute approximate surface area is 181 Å². The van der Waals surface area contributed by atoms with Crippen LogP contribution in [0, 0.1) is 5.92 Å². The molecule has 2 aromatic rings. The summed E-state index contributed by atoms with van der Waals surface area (Å²) in [6.07, 6.45) is 4.74. The highest BCUT2D eigenvalue weighted by molar-refractivity contribution is 5.92. The fourth-order valence-corrected chi connectivity index (χ4v) is 4.44. The Hall–Kier alpha value is -3.10. The summed E-state index contributed by atoms with van der Waals surface area (Å²) in [7, 11) is 0. The number of carbonyl (C=O) groups excluding carboxylic acids is 3. The van der Waals surface area contributed by atoms with Gasteiger partial charge in [0.05, 0.1) is 12.8 Å². The topological polar surface area (TPSA) is 112 Å². The summed E-state index contributed by atoms with van der Waals surface area (Å²) in [6.45, 7) is 4.64. The van der Waals surface area contributed by atoms with Crippen LogP contribution in [0.15, 0.2) is 28.9 Å². The molecule has 0 bridgehead atoms. The summed E-state index contributed by atoms with van der Waals surface area (Å²) in [5.74, 6) is 1.01. The van der Waals surface area contributed by atoms with Crippen molar-refractivity contribution in [1.29, 1.82) is 0 Å². The van der Waals surface area contributed by atoms with Gasteiger partial charge < -0.3 is 19.5 Å². The predicted octanol–water partition coefficient (Wildman–Crippen LogP) is 1.90. The Kier molecular flexibility index (Phi) is 6.39. The normalized spacial score (nSPS) is 18.2. The molecular formula is C22H29N5O4. The molecule has 2 saturated heterocycles. The summed E-state index contributed by atoms with van der Waals surface area (Å²) in [4.78, 5) is 40.4. The maximum absolute atomic E-state index is 12.9. The SMILES string of the molecule is CC(=O)N1CCC(C(=O)N2CCC(c3cc(C(=O)NCc4ccco4)n[nH]3)CC2)CC1. The molecule has 0 aromatic carbocycles. The molecule has 2 fully saturated rings. The zero-order valence-corrected chi connectivity index (χ0v) is 17.8. The van der Waals surface area contributed by atoms with Crippen LogP contribution in [0.4, 0.5) is 0 Å². The number of likely N-dealkylation sites (tertiary alicyclic amines) is 2. The van der Waals surface area contributed by atoms with E-state index in [9.17, 15) is 14.4 Å². The van der Waals surface area contributed by atoms with E-state index in [1.165, 1.54) is 0 Å². The van der Waals surface area contributed by atoms with Gasteiger partial charge in [-0.25, -0.2) is 0 Å². The second kappa shape index (κ2) is 9.36. The lowest BCUT2D eigenvalue weighted by molar-refractivity contribution is -0.140. The molecule has 4 rings (SSSR count). The first-order valence-corrected chi connectivity index (χ1v) is 10.9. The summed E-state index contributed by atoms with van der Waals surface area (Å²) >= 11 is 0. The lowest BCUT2D eigenvalue weighted by Gasteiger charge is -2.37. The number of piperidine rings is 2. The third-order valence-electron chi connectivity index (χ3n) is 6.37. The number of nitrogens with one attached hydrogen (secondary N) is 2. The van der Waals surface area contributed by atoms with Gasteiger partial charge in [0.1, 0.15) is 11.5 Å². The van der Waals surface area contributed by atoms with Crippen molar-refractivity contribution in [3.8, 4) is 0 Å². The Balaban J connectivity index is 1.25. The molecular weight excluding hydrogens is 398 g/mol. The maximum Gasteiger partial charge on any atom is 0.272 e. The van der Waals surface area contributed by atoms with Crippen molar-refractivity contribution in [3.05, 3.63) is 41.6 Å². The Morgan fingerprint density at radius 2 is 1.84 bits per heavy atom. The number of H-pyrrole nitrogens is 1. The van der Waals surface area contributed by atoms with Crippen LogP contribution in [0.3, 0.4) is 0 Å². The number of carbonyl (C=O) groups is 3. The van der Waals surface area contributed by atoms with Gasteiger partial charge in [0.2, 0.25) is 11.8 Å². The fourth-order valence-electron chi connectivity index (χ4n) is 4.44. The number of hydrogen-bond donors (Lipinski definition) is 2. The van der Waals surface area contributed by atoms with Gasteiger partial charge in [-0.05, 0) is 43.9 Å². The average molecular weight is 428 g/mol. The van der Waals surface area contributed by atoms with Gasteiger partial charge in [-0.15, -0.1) is 0 Å². The van der Waals surface area contributed by atoms with Crippen LogP contribution in [-0.2, 0) is 16.1 Å². The lowest BCUT2D eigenvalue weighted by atomic mass is 9.90. The van der Waals surface area contributed by atoms with E-state index in [4.69, 9.17) is 4.42 Å². The number of rotatable bonds is 5. The summed E-state index contributed by atoms with van der Waals surface area (Å²) in [5, 5.41) is 9.95. The fraction of sp³-hybridized carbons (Fsp3) is 0.545. The van der Waals surface area contributed by atoms with E-state index < -0.39 is 0 Å². The summed E-state index contributed by atoms with van der Waals surface area (Å²) < 4.78 is 5.22. The molecule has 0 unspecified atom stereocenters. The minimum atomic E-state index is -0.247. The van der Waals surface area contributed by atoms with E-state index in [0.717, 1.165) is 31.4 Å². The summed E-state index contributed by atoms with van der Waals surface area (Å²) in [5.41, 5.74) is 1.29. The van der Waals surface area contributed by atoms with Crippen LogP contribution in [-0.4, -0.2) is 63.9 Å². The van der Waals surface area contributed by atoms with Gasteiger partial charge in [0.15, 0.2) is 0 Å². The molecule has 3 amide bonds. The lowest BCUT2D eigenvalue weighted by Crippen LogP contribution is -2.46. The Bertz CT molecular complexity index is 906. The second-order valence-corrected chi connectivity index (χ2v) is 8.35. The first kappa shape index (κ1) is 21.1. The molecule has 31 heavy (non-hydrogen) atoms. The monoisotopic (exact) mass is 427 g/mol. The molecule has 2 aliphatic rings. The van der Waals surface area contributed by atoms with E-state index in [-0.39, 0.29) is 29.6 Å². The molecule has 0 saturated carbocycles. The van der Waals surface area contributed by atoms with E-state index in [1.807, 2.05) is 9.80 Å². The van der Waals surface area contributed by atoms with Crippen LogP contribution in [0.5, 0.6) is 0 Å². The molecule has 2 aromatic heterocycles. The van der Waals surface area contributed by atoms with Crippen molar-refractivity contribution >= 4 is 17.7 Å². The van der Waals surface area contributed by atoms with E-state index in [1.54, 1.807) is 31.4 Å². The van der Waals surface area contributed by atoms with Gasteiger partial charge in [-0.2, -0.15) is 5.10 Å². The molecule has 2 aliphatic heterocycles. The number of hydrogen-bond acceptors (Lipinski definition) is 5. The molecule has 2 N–H and O–H groups in total. The van der Waals surface area contributed by atoms with Crippen LogP contribution in [0.25, 0.3) is 0 Å². The smallest absolute Gasteiger partial charge is 0.272 e.